The molecule has 0 fully saturated rings. The van der Waals surface area contributed by atoms with Crippen LogP contribution in [0.2, 0.25) is 0 Å². The summed E-state index contributed by atoms with van der Waals surface area (Å²) in [6.07, 6.45) is 37.4. The predicted molar refractivity (Wildman–Crippen MR) is 284 cm³/mol. The van der Waals surface area contributed by atoms with E-state index in [-0.39, 0.29) is 5.91 Å². The molecule has 5 aromatic carbocycles. The molecule has 368 valence electrons. The maximum atomic E-state index is 14.0. The van der Waals surface area contributed by atoms with Crippen LogP contribution < -0.4 is 25.1 Å². The van der Waals surface area contributed by atoms with E-state index in [1.54, 1.807) is 12.1 Å². The van der Waals surface area contributed by atoms with Crippen LogP contribution in [-0.2, 0) is 0 Å². The smallest absolute Gasteiger partial charge is 0.270 e. The van der Waals surface area contributed by atoms with Gasteiger partial charge in [-0.25, -0.2) is 0 Å². The highest BCUT2D eigenvalue weighted by Gasteiger charge is 2.21. The first-order chi connectivity index (χ1) is 33.0. The summed E-state index contributed by atoms with van der Waals surface area (Å²) in [5.41, 5.74) is 6.30. The van der Waals surface area contributed by atoms with Gasteiger partial charge >= 0.3 is 0 Å². The molecular weight excluding hydrogens is 829 g/mol. The maximum Gasteiger partial charge on any atom is 0.270 e. The van der Waals surface area contributed by atoms with Crippen molar-refractivity contribution in [3.63, 3.8) is 0 Å². The molecule has 0 bridgehead atoms. The molecule has 0 unspecified atom stereocenters. The Labute approximate surface area is 405 Å². The molecule has 0 aliphatic heterocycles. The lowest BCUT2D eigenvalue weighted by molar-refractivity contribution is 0.0847. The standard InChI is InChI=1S/C60H88N2O5/c1-4-7-10-13-16-19-22-25-28-31-43-65-54-46-51(59(63)61-62-60(64)53-42-40-50-38-37-48-35-34-36-49-39-41-52(53)57(50)56(48)49)47-55(66-44-32-29-26-23-20-17-14-11-8-5-2)58(54)67-45-33-30-27-24-21-18-15-12-9-6-3/h34-42,46-47H,4-33,43-45H2,1-3H3,(H,61,63)(H,62,64). The van der Waals surface area contributed by atoms with Gasteiger partial charge in [-0.2, -0.15) is 0 Å². The second-order valence-corrected chi connectivity index (χ2v) is 19.3. The van der Waals surface area contributed by atoms with Gasteiger partial charge in [-0.15, -0.1) is 0 Å². The lowest BCUT2D eigenvalue weighted by atomic mass is 9.92. The van der Waals surface area contributed by atoms with Crippen LogP contribution in [0.4, 0.5) is 0 Å². The molecular formula is C60H88N2O5. The number of hydrogen-bond acceptors (Lipinski definition) is 5. The second kappa shape index (κ2) is 32.3. The first-order valence-electron chi connectivity index (χ1n) is 27.4. The van der Waals surface area contributed by atoms with Gasteiger partial charge in [-0.1, -0.05) is 243 Å². The van der Waals surface area contributed by atoms with E-state index in [4.69, 9.17) is 14.2 Å². The lowest BCUT2D eigenvalue weighted by Crippen LogP contribution is -2.41. The highest BCUT2D eigenvalue weighted by Crippen LogP contribution is 2.40. The summed E-state index contributed by atoms with van der Waals surface area (Å²) in [4.78, 5) is 27.9. The Morgan fingerprint density at radius 3 is 1.19 bits per heavy atom. The fourth-order valence-corrected chi connectivity index (χ4v) is 9.56. The number of unbranched alkanes of at least 4 members (excludes halogenated alkanes) is 27. The topological polar surface area (TPSA) is 85.9 Å². The van der Waals surface area contributed by atoms with Gasteiger partial charge in [0.1, 0.15) is 0 Å². The Hall–Kier alpha value is -4.52. The van der Waals surface area contributed by atoms with Crippen LogP contribution in [0, 0.1) is 0 Å². The molecule has 0 spiro atoms. The third-order valence-corrected chi connectivity index (χ3v) is 13.6. The minimum absolute atomic E-state index is 0.345. The fourth-order valence-electron chi connectivity index (χ4n) is 9.56. The largest absolute Gasteiger partial charge is 0.490 e. The van der Waals surface area contributed by atoms with Gasteiger partial charge < -0.3 is 14.2 Å². The first-order valence-corrected chi connectivity index (χ1v) is 27.4. The molecule has 0 heterocycles. The summed E-state index contributed by atoms with van der Waals surface area (Å²) in [6.45, 7) is 8.42. The van der Waals surface area contributed by atoms with E-state index >= 15 is 0 Å². The molecule has 0 aromatic heterocycles. The van der Waals surface area contributed by atoms with Crippen molar-refractivity contribution >= 4 is 44.1 Å². The van der Waals surface area contributed by atoms with Crippen LogP contribution >= 0.6 is 0 Å². The molecule has 5 aromatic rings. The average molecular weight is 917 g/mol. The Bertz CT molecular complexity index is 2070. The second-order valence-electron chi connectivity index (χ2n) is 19.3. The summed E-state index contributed by atoms with van der Waals surface area (Å²) in [6, 6.07) is 21.9. The number of ether oxygens (including phenoxy) is 3. The zero-order valence-corrected chi connectivity index (χ0v) is 42.2. The molecule has 7 heteroatoms. The maximum absolute atomic E-state index is 14.0. The van der Waals surface area contributed by atoms with Gasteiger partial charge in [0.05, 0.1) is 19.8 Å². The molecule has 2 amide bonds. The summed E-state index contributed by atoms with van der Waals surface area (Å²) in [7, 11) is 0. The predicted octanol–water partition coefficient (Wildman–Crippen LogP) is 17.6. The average Bonchev–Trinajstić information content (AvgIpc) is 3.35. The number of amides is 2. The Balaban J connectivity index is 1.25. The summed E-state index contributed by atoms with van der Waals surface area (Å²) < 4.78 is 19.6. The van der Waals surface area contributed by atoms with E-state index in [2.05, 4.69) is 68.0 Å². The van der Waals surface area contributed by atoms with Crippen LogP contribution in [0.3, 0.4) is 0 Å². The molecule has 5 rings (SSSR count). The van der Waals surface area contributed by atoms with E-state index < -0.39 is 5.91 Å². The highest BCUT2D eigenvalue weighted by atomic mass is 16.5. The molecule has 0 aliphatic carbocycles. The summed E-state index contributed by atoms with van der Waals surface area (Å²) >= 11 is 0. The van der Waals surface area contributed by atoms with Crippen molar-refractivity contribution in [2.75, 3.05) is 19.8 Å². The van der Waals surface area contributed by atoms with E-state index in [0.717, 1.165) is 70.8 Å². The number of nitrogens with one attached hydrogen (secondary N) is 2. The minimum Gasteiger partial charge on any atom is -0.490 e. The van der Waals surface area contributed by atoms with Crippen LogP contribution in [0.15, 0.2) is 66.7 Å². The van der Waals surface area contributed by atoms with Gasteiger partial charge in [0.25, 0.3) is 11.8 Å². The molecule has 0 atom stereocenters. The van der Waals surface area contributed by atoms with Crippen molar-refractivity contribution < 1.29 is 23.8 Å². The number of rotatable bonds is 38. The quantitative estimate of drug-likeness (QED) is 0.0234. The molecule has 67 heavy (non-hydrogen) atoms. The molecule has 0 saturated heterocycles. The third-order valence-electron chi connectivity index (χ3n) is 13.6. The van der Waals surface area contributed by atoms with Gasteiger partial charge in [0.2, 0.25) is 5.75 Å². The zero-order valence-electron chi connectivity index (χ0n) is 42.2. The van der Waals surface area contributed by atoms with E-state index in [1.807, 2.05) is 18.2 Å². The summed E-state index contributed by atoms with van der Waals surface area (Å²) in [5, 5.41) is 6.39. The monoisotopic (exact) mass is 917 g/mol. The van der Waals surface area contributed by atoms with Crippen LogP contribution in [-0.4, -0.2) is 31.6 Å². The van der Waals surface area contributed by atoms with Gasteiger partial charge in [0.15, 0.2) is 11.5 Å². The highest BCUT2D eigenvalue weighted by molar-refractivity contribution is 6.26. The van der Waals surface area contributed by atoms with Crippen molar-refractivity contribution in [2.45, 2.75) is 213 Å². The van der Waals surface area contributed by atoms with Crippen molar-refractivity contribution in [1.29, 1.82) is 0 Å². The third kappa shape index (κ3) is 18.5. The molecule has 2 N–H and O–H groups in total. The van der Waals surface area contributed by atoms with Crippen molar-refractivity contribution in [3.8, 4) is 17.2 Å². The van der Waals surface area contributed by atoms with Crippen LogP contribution in [0.25, 0.3) is 32.3 Å². The lowest BCUT2D eigenvalue weighted by Gasteiger charge is -2.19. The van der Waals surface area contributed by atoms with E-state index in [1.165, 1.54) is 154 Å². The minimum atomic E-state index is -0.445. The Morgan fingerprint density at radius 2 is 0.746 bits per heavy atom. The van der Waals surface area contributed by atoms with Gasteiger partial charge in [0, 0.05) is 11.1 Å². The van der Waals surface area contributed by atoms with Crippen LogP contribution in [0.1, 0.15) is 234 Å². The number of hydrogen-bond donors (Lipinski definition) is 2. The number of carbonyl (C=O) groups excluding carboxylic acids is 2. The Morgan fingerprint density at radius 1 is 0.388 bits per heavy atom. The number of hydrazine groups is 1. The Kier molecular flexibility index (Phi) is 25.7. The normalized spacial score (nSPS) is 11.5. The van der Waals surface area contributed by atoms with Crippen LogP contribution in [0.5, 0.6) is 17.2 Å². The van der Waals surface area contributed by atoms with Crippen molar-refractivity contribution in [3.05, 3.63) is 77.9 Å². The number of benzene rings is 5. The molecule has 0 radical (unpaired) electrons. The van der Waals surface area contributed by atoms with Crippen molar-refractivity contribution in [2.24, 2.45) is 0 Å². The summed E-state index contributed by atoms with van der Waals surface area (Å²) in [5.74, 6) is 0.792. The van der Waals surface area contributed by atoms with Gasteiger partial charge in [-0.05, 0) is 69.8 Å². The van der Waals surface area contributed by atoms with Gasteiger partial charge in [-0.3, -0.25) is 20.4 Å². The molecule has 7 nitrogen and oxygen atoms in total. The fraction of sp³-hybridized carbons (Fsp3) is 0.600. The zero-order chi connectivity index (χ0) is 47.2. The van der Waals surface area contributed by atoms with Crippen molar-refractivity contribution in [1.82, 2.24) is 10.9 Å². The van der Waals surface area contributed by atoms with E-state index in [0.29, 0.717) is 48.2 Å². The SMILES string of the molecule is CCCCCCCCCCCCOc1cc(C(=O)NNC(=O)c2ccc3ccc4cccc5ccc2c3c45)cc(OCCCCCCCCCCCC)c1OCCCCCCCCCCCC. The van der Waals surface area contributed by atoms with E-state index in [9.17, 15) is 9.59 Å². The molecule has 0 saturated carbocycles. The first kappa shape index (κ1) is 53.4. The number of carbonyl (C=O) groups is 2. The molecule has 0 aliphatic rings.